The lowest BCUT2D eigenvalue weighted by Gasteiger charge is -2.34. The number of carbonyl (C=O) groups is 2. The van der Waals surface area contributed by atoms with Crippen molar-refractivity contribution in [1.82, 2.24) is 19.4 Å². The molecule has 0 aromatic carbocycles. The largest absolute Gasteiger partial charge is 0.480 e. The smallest absolute Gasteiger partial charge is 0.328 e. The minimum atomic E-state index is -3.98. The van der Waals surface area contributed by atoms with Gasteiger partial charge in [-0.1, -0.05) is 0 Å². The molecule has 2 heterocycles. The van der Waals surface area contributed by atoms with E-state index in [1.807, 2.05) is 0 Å². The van der Waals surface area contributed by atoms with Crippen molar-refractivity contribution in [3.63, 3.8) is 0 Å². The normalized spacial score (nSPS) is 19.7. The van der Waals surface area contributed by atoms with E-state index in [9.17, 15) is 23.1 Å². The highest BCUT2D eigenvalue weighted by Gasteiger charge is 2.36. The summed E-state index contributed by atoms with van der Waals surface area (Å²) in [6.45, 7) is 4.74. The zero-order valence-corrected chi connectivity index (χ0v) is 15.3. The number of nitrogens with zero attached hydrogens (tertiary/aromatic N) is 3. The number of carboxylic acids is 1. The molecule has 1 saturated heterocycles. The third-order valence-corrected chi connectivity index (χ3v) is 5.90. The van der Waals surface area contributed by atoms with Gasteiger partial charge in [-0.15, -0.1) is 0 Å². The van der Waals surface area contributed by atoms with Crippen LogP contribution in [0.1, 0.15) is 18.3 Å². The number of sulfonamides is 1. The molecule has 11 heteroatoms. The van der Waals surface area contributed by atoms with Gasteiger partial charge in [-0.05, 0) is 20.8 Å². The summed E-state index contributed by atoms with van der Waals surface area (Å²) in [5.41, 5.74) is 0.765. The fourth-order valence-electron chi connectivity index (χ4n) is 2.81. The van der Waals surface area contributed by atoms with Crippen LogP contribution in [-0.4, -0.2) is 71.9 Å². The van der Waals surface area contributed by atoms with E-state index in [0.717, 1.165) is 4.90 Å². The first-order chi connectivity index (χ1) is 11.6. The number of aryl methyl sites for hydroxylation is 2. The van der Waals surface area contributed by atoms with Gasteiger partial charge in [0.2, 0.25) is 15.9 Å². The highest BCUT2D eigenvalue weighted by Crippen LogP contribution is 2.19. The van der Waals surface area contributed by atoms with Gasteiger partial charge < -0.3 is 14.7 Å². The van der Waals surface area contributed by atoms with Gasteiger partial charge >= 0.3 is 5.97 Å². The molecule has 2 unspecified atom stereocenters. The SMILES string of the molecule is Cc1nn(C)c(C)c1S(=O)(=O)NC(C)C(=O)N1CCOCC1C(=O)O. The molecule has 2 rings (SSSR count). The van der Waals surface area contributed by atoms with Gasteiger partial charge in [0.15, 0.2) is 6.04 Å². The van der Waals surface area contributed by atoms with Gasteiger partial charge in [-0.3, -0.25) is 9.48 Å². The summed E-state index contributed by atoms with van der Waals surface area (Å²) in [5.74, 6) is -1.81. The van der Waals surface area contributed by atoms with Crippen LogP contribution in [0.4, 0.5) is 0 Å². The number of rotatable bonds is 5. The predicted molar refractivity (Wildman–Crippen MR) is 86.4 cm³/mol. The summed E-state index contributed by atoms with van der Waals surface area (Å²) in [6.07, 6.45) is 0. The monoisotopic (exact) mass is 374 g/mol. The van der Waals surface area contributed by atoms with E-state index >= 15 is 0 Å². The molecule has 0 bridgehead atoms. The maximum Gasteiger partial charge on any atom is 0.328 e. The average Bonchev–Trinajstić information content (AvgIpc) is 2.79. The number of carboxylic acid groups (broad SMARTS) is 1. The van der Waals surface area contributed by atoms with Crippen LogP contribution in [0.15, 0.2) is 4.90 Å². The third-order valence-electron chi connectivity index (χ3n) is 4.11. The number of hydrogen-bond donors (Lipinski definition) is 2. The molecule has 10 nitrogen and oxygen atoms in total. The molecule has 1 aliphatic heterocycles. The van der Waals surface area contributed by atoms with Crippen LogP contribution >= 0.6 is 0 Å². The number of hydrogen-bond acceptors (Lipinski definition) is 6. The molecule has 1 aromatic rings. The van der Waals surface area contributed by atoms with Crippen LogP contribution in [0.5, 0.6) is 0 Å². The minimum Gasteiger partial charge on any atom is -0.480 e. The summed E-state index contributed by atoms with van der Waals surface area (Å²) in [7, 11) is -2.35. The Morgan fingerprint density at radius 1 is 1.40 bits per heavy atom. The summed E-state index contributed by atoms with van der Waals surface area (Å²) in [6, 6.07) is -2.25. The predicted octanol–water partition coefficient (Wildman–Crippen LogP) is -0.984. The standard InChI is InChI=1S/C14H22N4O6S/c1-8-12(10(3)17(4)15-8)25(22,23)16-9(2)13(19)18-5-6-24-7-11(18)14(20)21/h9,11,16H,5-7H2,1-4H3,(H,20,21). The van der Waals surface area contributed by atoms with E-state index in [1.165, 1.54) is 11.6 Å². The van der Waals surface area contributed by atoms with Crippen molar-refractivity contribution < 1.29 is 27.9 Å². The van der Waals surface area contributed by atoms with Crippen LogP contribution in [0.25, 0.3) is 0 Å². The van der Waals surface area contributed by atoms with Crippen molar-refractivity contribution in [3.8, 4) is 0 Å². The molecule has 0 radical (unpaired) electrons. The second-order valence-corrected chi connectivity index (χ2v) is 7.58. The Labute approximate surface area is 145 Å². The molecule has 0 aliphatic carbocycles. The van der Waals surface area contributed by atoms with Crippen LogP contribution in [0.3, 0.4) is 0 Å². The van der Waals surface area contributed by atoms with E-state index in [2.05, 4.69) is 9.82 Å². The summed E-state index contributed by atoms with van der Waals surface area (Å²) in [4.78, 5) is 25.0. The molecular formula is C14H22N4O6S. The quantitative estimate of drug-likeness (QED) is 0.677. The Balaban J connectivity index is 2.21. The fraction of sp³-hybridized carbons (Fsp3) is 0.643. The molecule has 2 atom stereocenters. The summed E-state index contributed by atoms with van der Waals surface area (Å²) in [5, 5.41) is 13.3. The third kappa shape index (κ3) is 3.83. The molecule has 1 aromatic heterocycles. The minimum absolute atomic E-state index is 0.0198. The Kier molecular flexibility index (Phi) is 5.49. The molecule has 140 valence electrons. The Morgan fingerprint density at radius 3 is 2.56 bits per heavy atom. The van der Waals surface area contributed by atoms with Gasteiger partial charge in [-0.2, -0.15) is 9.82 Å². The molecule has 0 saturated carbocycles. The first-order valence-corrected chi connectivity index (χ1v) is 9.18. The van der Waals surface area contributed by atoms with Crippen molar-refractivity contribution in [2.45, 2.75) is 37.8 Å². The van der Waals surface area contributed by atoms with Crippen molar-refractivity contribution >= 4 is 21.9 Å². The Bertz CT molecular complexity index is 787. The number of aliphatic carboxylic acids is 1. The lowest BCUT2D eigenvalue weighted by atomic mass is 10.2. The van der Waals surface area contributed by atoms with Crippen molar-refractivity contribution in [3.05, 3.63) is 11.4 Å². The van der Waals surface area contributed by atoms with Crippen LogP contribution in [-0.2, 0) is 31.4 Å². The Hall–Kier alpha value is -1.98. The van der Waals surface area contributed by atoms with Crippen molar-refractivity contribution in [2.24, 2.45) is 7.05 Å². The number of ether oxygens (including phenoxy) is 1. The fourth-order valence-corrected chi connectivity index (χ4v) is 4.44. The first-order valence-electron chi connectivity index (χ1n) is 7.69. The highest BCUT2D eigenvalue weighted by atomic mass is 32.2. The Morgan fingerprint density at radius 2 is 2.04 bits per heavy atom. The van der Waals surface area contributed by atoms with Gasteiger partial charge in [0.05, 0.1) is 30.6 Å². The molecular weight excluding hydrogens is 352 g/mol. The number of nitrogens with one attached hydrogen (secondary N) is 1. The van der Waals surface area contributed by atoms with E-state index in [4.69, 9.17) is 4.74 Å². The molecule has 0 spiro atoms. The lowest BCUT2D eigenvalue weighted by Crippen LogP contribution is -2.57. The van der Waals surface area contributed by atoms with Crippen LogP contribution in [0.2, 0.25) is 0 Å². The van der Waals surface area contributed by atoms with E-state index < -0.39 is 34.0 Å². The number of amides is 1. The summed E-state index contributed by atoms with van der Waals surface area (Å²) >= 11 is 0. The second kappa shape index (κ2) is 7.10. The molecule has 1 fully saturated rings. The topological polar surface area (TPSA) is 131 Å². The van der Waals surface area contributed by atoms with Crippen molar-refractivity contribution in [2.75, 3.05) is 19.8 Å². The van der Waals surface area contributed by atoms with Gasteiger partial charge in [0.1, 0.15) is 4.90 Å². The maximum atomic E-state index is 12.6. The number of carbonyl (C=O) groups excluding carboxylic acids is 1. The molecule has 1 aliphatic rings. The van der Waals surface area contributed by atoms with E-state index in [0.29, 0.717) is 11.4 Å². The van der Waals surface area contributed by atoms with Gasteiger partial charge in [0.25, 0.3) is 0 Å². The van der Waals surface area contributed by atoms with Gasteiger partial charge in [-0.25, -0.2) is 13.2 Å². The summed E-state index contributed by atoms with van der Waals surface area (Å²) < 4.78 is 34.1. The zero-order chi connectivity index (χ0) is 18.9. The number of aromatic nitrogens is 2. The van der Waals surface area contributed by atoms with Crippen LogP contribution < -0.4 is 4.72 Å². The average molecular weight is 374 g/mol. The van der Waals surface area contributed by atoms with Crippen molar-refractivity contribution in [1.29, 1.82) is 0 Å². The van der Waals surface area contributed by atoms with Gasteiger partial charge in [0, 0.05) is 13.6 Å². The maximum absolute atomic E-state index is 12.6. The van der Waals surface area contributed by atoms with Crippen LogP contribution in [0, 0.1) is 13.8 Å². The molecule has 1 amide bonds. The first kappa shape index (κ1) is 19.3. The zero-order valence-electron chi connectivity index (χ0n) is 14.5. The lowest BCUT2D eigenvalue weighted by molar-refractivity contribution is -0.158. The second-order valence-electron chi connectivity index (χ2n) is 5.93. The highest BCUT2D eigenvalue weighted by molar-refractivity contribution is 7.89. The van der Waals surface area contributed by atoms with E-state index in [1.54, 1.807) is 20.9 Å². The molecule has 25 heavy (non-hydrogen) atoms. The van der Waals surface area contributed by atoms with E-state index in [-0.39, 0.29) is 24.7 Å². The molecule has 2 N–H and O–H groups in total. The number of morpholine rings is 1.